The number of amides is 1. The maximum atomic E-state index is 11.8. The first kappa shape index (κ1) is 13.9. The molecule has 0 fully saturated rings. The first-order valence-electron chi connectivity index (χ1n) is 7.06. The van der Waals surface area contributed by atoms with Gasteiger partial charge in [-0.2, -0.15) is 0 Å². The van der Waals surface area contributed by atoms with Crippen molar-refractivity contribution in [3.63, 3.8) is 0 Å². The molecule has 0 radical (unpaired) electrons. The van der Waals surface area contributed by atoms with Crippen LogP contribution in [-0.4, -0.2) is 5.91 Å². The molecule has 3 aromatic rings. The summed E-state index contributed by atoms with van der Waals surface area (Å²) >= 11 is 0. The molecule has 0 aliphatic carbocycles. The Kier molecular flexibility index (Phi) is 3.88. The average Bonchev–Trinajstić information content (AvgIpc) is 2.56. The van der Waals surface area contributed by atoms with Crippen LogP contribution in [-0.2, 0) is 0 Å². The average molecular weight is 288 g/mol. The van der Waals surface area contributed by atoms with Crippen LogP contribution >= 0.6 is 0 Å². The van der Waals surface area contributed by atoms with Crippen LogP contribution in [0.25, 0.3) is 11.1 Å². The summed E-state index contributed by atoms with van der Waals surface area (Å²) in [5, 5.41) is 3.36. The van der Waals surface area contributed by atoms with Gasteiger partial charge < -0.3 is 11.1 Å². The first-order valence-corrected chi connectivity index (χ1v) is 7.06. The monoisotopic (exact) mass is 288 g/mol. The van der Waals surface area contributed by atoms with Gasteiger partial charge in [0, 0.05) is 22.5 Å². The van der Waals surface area contributed by atoms with E-state index in [0.29, 0.717) is 5.56 Å². The molecule has 0 aliphatic heterocycles. The van der Waals surface area contributed by atoms with Crippen LogP contribution in [0.3, 0.4) is 0 Å². The van der Waals surface area contributed by atoms with Crippen molar-refractivity contribution in [1.29, 1.82) is 0 Å². The molecule has 0 saturated heterocycles. The second-order valence-corrected chi connectivity index (χ2v) is 4.95. The molecular formula is C19H16N2O. The van der Waals surface area contributed by atoms with Gasteiger partial charge in [0.15, 0.2) is 0 Å². The fourth-order valence-corrected chi connectivity index (χ4v) is 2.45. The van der Waals surface area contributed by atoms with Gasteiger partial charge in [0.2, 0.25) is 5.91 Å². The number of hydrogen-bond acceptors (Lipinski definition) is 2. The minimum absolute atomic E-state index is 0.435. The highest BCUT2D eigenvalue weighted by atomic mass is 16.1. The molecule has 3 aromatic carbocycles. The molecule has 0 aliphatic rings. The summed E-state index contributed by atoms with van der Waals surface area (Å²) in [5.41, 5.74) is 9.64. The Morgan fingerprint density at radius 2 is 1.41 bits per heavy atom. The van der Waals surface area contributed by atoms with Crippen molar-refractivity contribution < 1.29 is 4.79 Å². The third kappa shape index (κ3) is 2.83. The van der Waals surface area contributed by atoms with Crippen LogP contribution in [0.4, 0.5) is 11.4 Å². The van der Waals surface area contributed by atoms with Crippen molar-refractivity contribution in [2.24, 2.45) is 5.73 Å². The van der Waals surface area contributed by atoms with E-state index in [0.717, 1.165) is 22.5 Å². The molecule has 3 nitrogen and oxygen atoms in total. The number of benzene rings is 3. The molecule has 108 valence electrons. The molecule has 0 unspecified atom stereocenters. The number of nitrogens with two attached hydrogens (primary N) is 1. The molecule has 0 spiro atoms. The van der Waals surface area contributed by atoms with Crippen molar-refractivity contribution in [2.75, 3.05) is 5.32 Å². The summed E-state index contributed by atoms with van der Waals surface area (Å²) in [6.07, 6.45) is 0. The predicted octanol–water partition coefficient (Wildman–Crippen LogP) is 4.20. The first-order chi connectivity index (χ1) is 10.8. The van der Waals surface area contributed by atoms with Gasteiger partial charge in [0.05, 0.1) is 0 Å². The maximum absolute atomic E-state index is 11.8. The zero-order valence-corrected chi connectivity index (χ0v) is 12.0. The van der Waals surface area contributed by atoms with Gasteiger partial charge in [-0.1, -0.05) is 54.6 Å². The van der Waals surface area contributed by atoms with Crippen LogP contribution in [0.15, 0.2) is 78.9 Å². The lowest BCUT2D eigenvalue weighted by molar-refractivity contribution is 0.100. The molecule has 0 atom stereocenters. The Hall–Kier alpha value is -3.07. The van der Waals surface area contributed by atoms with Gasteiger partial charge in [0.1, 0.15) is 0 Å². The lowest BCUT2D eigenvalue weighted by atomic mass is 9.97. The maximum Gasteiger partial charge on any atom is 0.249 e. The van der Waals surface area contributed by atoms with Gasteiger partial charge in [-0.25, -0.2) is 0 Å². The number of para-hydroxylation sites is 1. The topological polar surface area (TPSA) is 55.1 Å². The van der Waals surface area contributed by atoms with E-state index in [1.807, 2.05) is 72.8 Å². The minimum Gasteiger partial charge on any atom is -0.366 e. The Bertz CT molecular complexity index is 783. The molecule has 0 aromatic heterocycles. The van der Waals surface area contributed by atoms with Crippen LogP contribution in [0.2, 0.25) is 0 Å². The number of anilines is 2. The number of hydrogen-bond donors (Lipinski definition) is 2. The fourth-order valence-electron chi connectivity index (χ4n) is 2.45. The fraction of sp³-hybridized carbons (Fsp3) is 0. The molecule has 3 rings (SSSR count). The van der Waals surface area contributed by atoms with E-state index in [9.17, 15) is 4.79 Å². The third-order valence-corrected chi connectivity index (χ3v) is 3.45. The van der Waals surface area contributed by atoms with Gasteiger partial charge >= 0.3 is 0 Å². The third-order valence-electron chi connectivity index (χ3n) is 3.45. The summed E-state index contributed by atoms with van der Waals surface area (Å²) < 4.78 is 0. The van der Waals surface area contributed by atoms with Crippen molar-refractivity contribution >= 4 is 17.3 Å². The smallest absolute Gasteiger partial charge is 0.249 e. The molecule has 1 amide bonds. The quantitative estimate of drug-likeness (QED) is 0.756. The molecule has 0 saturated carbocycles. The highest BCUT2D eigenvalue weighted by Gasteiger charge is 2.14. The van der Waals surface area contributed by atoms with Gasteiger partial charge in [0.25, 0.3) is 0 Å². The molecule has 22 heavy (non-hydrogen) atoms. The normalized spacial score (nSPS) is 10.2. The zero-order chi connectivity index (χ0) is 15.4. The number of rotatable bonds is 4. The molecule has 3 N–H and O–H groups in total. The van der Waals surface area contributed by atoms with Gasteiger partial charge in [-0.05, 0) is 29.8 Å². The molecule has 0 heterocycles. The van der Waals surface area contributed by atoms with Crippen molar-refractivity contribution in [3.05, 3.63) is 84.4 Å². The Labute approximate surface area is 129 Å². The minimum atomic E-state index is -0.435. The lowest BCUT2D eigenvalue weighted by Gasteiger charge is -2.15. The van der Waals surface area contributed by atoms with Crippen LogP contribution in [0, 0.1) is 0 Å². The summed E-state index contributed by atoms with van der Waals surface area (Å²) in [6.45, 7) is 0. The van der Waals surface area contributed by atoms with Gasteiger partial charge in [-0.3, -0.25) is 4.79 Å². The van der Waals surface area contributed by atoms with Crippen molar-refractivity contribution in [2.45, 2.75) is 0 Å². The van der Waals surface area contributed by atoms with E-state index in [1.54, 1.807) is 6.07 Å². The number of carbonyl (C=O) groups excluding carboxylic acids is 1. The SMILES string of the molecule is NC(=O)c1cccc(Nc2ccccc2)c1-c1ccccc1. The van der Waals surface area contributed by atoms with Crippen molar-refractivity contribution in [3.8, 4) is 11.1 Å². The van der Waals surface area contributed by atoms with Crippen molar-refractivity contribution in [1.82, 2.24) is 0 Å². The van der Waals surface area contributed by atoms with E-state index < -0.39 is 5.91 Å². The van der Waals surface area contributed by atoms with Crippen LogP contribution < -0.4 is 11.1 Å². The van der Waals surface area contributed by atoms with E-state index in [1.165, 1.54) is 0 Å². The highest BCUT2D eigenvalue weighted by Crippen LogP contribution is 2.33. The summed E-state index contributed by atoms with van der Waals surface area (Å²) in [7, 11) is 0. The number of nitrogens with one attached hydrogen (secondary N) is 1. The van der Waals surface area contributed by atoms with Crippen LogP contribution in [0.1, 0.15) is 10.4 Å². The van der Waals surface area contributed by atoms with E-state index >= 15 is 0 Å². The summed E-state index contributed by atoms with van der Waals surface area (Å²) in [4.78, 5) is 11.8. The Balaban J connectivity index is 2.14. The summed E-state index contributed by atoms with van der Waals surface area (Å²) in [5.74, 6) is -0.435. The predicted molar refractivity (Wildman–Crippen MR) is 90.1 cm³/mol. The van der Waals surface area contributed by atoms with Gasteiger partial charge in [-0.15, -0.1) is 0 Å². The largest absolute Gasteiger partial charge is 0.366 e. The summed E-state index contributed by atoms with van der Waals surface area (Å²) in [6, 6.07) is 25.1. The molecule has 0 bridgehead atoms. The highest BCUT2D eigenvalue weighted by molar-refractivity contribution is 6.03. The van der Waals surface area contributed by atoms with E-state index in [2.05, 4.69) is 5.32 Å². The van der Waals surface area contributed by atoms with Crippen LogP contribution in [0.5, 0.6) is 0 Å². The Morgan fingerprint density at radius 3 is 2.05 bits per heavy atom. The number of carbonyl (C=O) groups is 1. The molecular weight excluding hydrogens is 272 g/mol. The second kappa shape index (κ2) is 6.14. The van der Waals surface area contributed by atoms with E-state index in [-0.39, 0.29) is 0 Å². The van der Waals surface area contributed by atoms with E-state index in [4.69, 9.17) is 5.73 Å². The Morgan fingerprint density at radius 1 is 0.773 bits per heavy atom. The lowest BCUT2D eigenvalue weighted by Crippen LogP contribution is -2.13. The second-order valence-electron chi connectivity index (χ2n) is 4.95. The molecule has 3 heteroatoms. The zero-order valence-electron chi connectivity index (χ0n) is 12.0. The standard InChI is InChI=1S/C19H16N2O/c20-19(22)16-12-7-13-17(21-15-10-5-2-6-11-15)18(16)14-8-3-1-4-9-14/h1-13,21H,(H2,20,22). The number of primary amides is 1.